The highest BCUT2D eigenvalue weighted by molar-refractivity contribution is 6.30. The minimum Gasteiger partial charge on any atom is -0.497 e. The van der Waals surface area contributed by atoms with Gasteiger partial charge < -0.3 is 14.6 Å². The third kappa shape index (κ3) is 4.38. The molecule has 8 heteroatoms. The number of pyridine rings is 2. The van der Waals surface area contributed by atoms with E-state index in [-0.39, 0.29) is 23.4 Å². The van der Waals surface area contributed by atoms with Gasteiger partial charge in [0.25, 0.3) is 0 Å². The summed E-state index contributed by atoms with van der Waals surface area (Å²) in [5.41, 5.74) is 0.940. The Morgan fingerprint density at radius 2 is 1.78 bits per heavy atom. The van der Waals surface area contributed by atoms with Gasteiger partial charge >= 0.3 is 0 Å². The van der Waals surface area contributed by atoms with Crippen LogP contribution in [0.4, 0.5) is 5.69 Å². The molecule has 2 aromatic heterocycles. The normalized spacial score (nSPS) is 10.7. The van der Waals surface area contributed by atoms with E-state index in [1.54, 1.807) is 47.0 Å². The molecule has 0 fully saturated rings. The molecule has 0 saturated carbocycles. The van der Waals surface area contributed by atoms with Crippen LogP contribution in [0.15, 0.2) is 78.0 Å². The summed E-state index contributed by atoms with van der Waals surface area (Å²) in [6, 6.07) is 14.7. The van der Waals surface area contributed by atoms with Crippen molar-refractivity contribution in [3.63, 3.8) is 0 Å². The lowest BCUT2D eigenvalue weighted by Gasteiger charge is -2.14. The van der Waals surface area contributed by atoms with Crippen molar-refractivity contribution in [2.75, 3.05) is 12.4 Å². The van der Waals surface area contributed by atoms with E-state index in [1.165, 1.54) is 37.8 Å². The smallest absolute Gasteiger partial charge is 0.244 e. The Balaban J connectivity index is 1.77. The molecule has 0 aliphatic rings. The van der Waals surface area contributed by atoms with Crippen molar-refractivity contribution in [3.05, 3.63) is 99.6 Å². The molecule has 0 radical (unpaired) electrons. The van der Waals surface area contributed by atoms with Crippen LogP contribution < -0.4 is 15.5 Å². The molecule has 7 nitrogen and oxygen atoms in total. The summed E-state index contributed by atoms with van der Waals surface area (Å²) in [6.45, 7) is -0.109. The third-order valence-electron chi connectivity index (χ3n) is 4.92. The number of ketones is 1. The second kappa shape index (κ2) is 9.03. The highest BCUT2D eigenvalue weighted by Gasteiger charge is 2.19. The summed E-state index contributed by atoms with van der Waals surface area (Å²) in [7, 11) is 1.49. The molecule has 4 rings (SSSR count). The van der Waals surface area contributed by atoms with Gasteiger partial charge in [-0.15, -0.1) is 0 Å². The van der Waals surface area contributed by atoms with Crippen LogP contribution in [-0.4, -0.2) is 28.4 Å². The molecule has 2 heterocycles. The van der Waals surface area contributed by atoms with Crippen LogP contribution in [0.25, 0.3) is 10.9 Å². The fourth-order valence-electron chi connectivity index (χ4n) is 3.34. The SMILES string of the molecule is COc1ccc2c(c1)c(=O)c(C(=O)c1ccncc1)cn2CC(=O)Nc1ccc(Cl)cc1. The molecule has 32 heavy (non-hydrogen) atoms. The van der Waals surface area contributed by atoms with Crippen molar-refractivity contribution in [3.8, 4) is 5.75 Å². The largest absolute Gasteiger partial charge is 0.497 e. The van der Waals surface area contributed by atoms with Gasteiger partial charge in [-0.05, 0) is 54.6 Å². The van der Waals surface area contributed by atoms with E-state index in [0.29, 0.717) is 27.5 Å². The number of carbonyl (C=O) groups excluding carboxylic acids is 2. The van der Waals surface area contributed by atoms with Crippen LogP contribution in [-0.2, 0) is 11.3 Å². The zero-order chi connectivity index (χ0) is 22.7. The van der Waals surface area contributed by atoms with E-state index in [0.717, 1.165) is 0 Å². The van der Waals surface area contributed by atoms with E-state index in [4.69, 9.17) is 16.3 Å². The summed E-state index contributed by atoms with van der Waals surface area (Å²) in [5.74, 6) is -0.301. The number of carbonyl (C=O) groups is 2. The van der Waals surface area contributed by atoms with Gasteiger partial charge in [-0.2, -0.15) is 0 Å². The first kappa shape index (κ1) is 21.3. The minimum atomic E-state index is -0.450. The average molecular weight is 448 g/mol. The van der Waals surface area contributed by atoms with Gasteiger partial charge in [0.15, 0.2) is 5.78 Å². The quantitative estimate of drug-likeness (QED) is 0.452. The van der Waals surface area contributed by atoms with E-state index in [2.05, 4.69) is 10.3 Å². The number of ether oxygens (including phenoxy) is 1. The Hall–Kier alpha value is -3.97. The molecule has 0 atom stereocenters. The maximum absolute atomic E-state index is 13.2. The van der Waals surface area contributed by atoms with Gasteiger partial charge in [0, 0.05) is 34.9 Å². The molecular weight excluding hydrogens is 430 g/mol. The lowest BCUT2D eigenvalue weighted by molar-refractivity contribution is -0.116. The Morgan fingerprint density at radius 3 is 2.47 bits per heavy atom. The predicted octanol–water partition coefficient (Wildman–Crippen LogP) is 3.93. The maximum Gasteiger partial charge on any atom is 0.244 e. The Kier molecular flexibility index (Phi) is 6.00. The first-order valence-electron chi connectivity index (χ1n) is 9.67. The Bertz CT molecular complexity index is 1370. The molecule has 0 saturated heterocycles. The van der Waals surface area contributed by atoms with Gasteiger partial charge in [-0.25, -0.2) is 0 Å². The van der Waals surface area contributed by atoms with E-state index < -0.39 is 11.2 Å². The summed E-state index contributed by atoms with van der Waals surface area (Å²) < 4.78 is 6.82. The number of hydrogen-bond acceptors (Lipinski definition) is 5. The van der Waals surface area contributed by atoms with Crippen molar-refractivity contribution in [1.29, 1.82) is 0 Å². The molecule has 0 aliphatic heterocycles. The first-order chi connectivity index (χ1) is 15.5. The highest BCUT2D eigenvalue weighted by Crippen LogP contribution is 2.21. The van der Waals surface area contributed by atoms with E-state index in [9.17, 15) is 14.4 Å². The van der Waals surface area contributed by atoms with Crippen LogP contribution >= 0.6 is 11.6 Å². The standard InChI is InChI=1S/C24H18ClN3O4/c1-32-18-6-7-21-19(12-18)24(31)20(23(30)15-8-10-26-11-9-15)13-28(21)14-22(29)27-17-4-2-16(25)3-5-17/h2-13H,14H2,1H3,(H,27,29). The van der Waals surface area contributed by atoms with Crippen molar-refractivity contribution >= 4 is 39.9 Å². The van der Waals surface area contributed by atoms with Crippen LogP contribution in [0, 0.1) is 0 Å². The van der Waals surface area contributed by atoms with Crippen molar-refractivity contribution in [2.45, 2.75) is 6.54 Å². The van der Waals surface area contributed by atoms with Crippen LogP contribution in [0.5, 0.6) is 5.75 Å². The number of methoxy groups -OCH3 is 1. The Morgan fingerprint density at radius 1 is 1.06 bits per heavy atom. The lowest BCUT2D eigenvalue weighted by Crippen LogP contribution is -2.24. The number of fused-ring (bicyclic) bond motifs is 1. The second-order valence-electron chi connectivity index (χ2n) is 7.00. The minimum absolute atomic E-state index is 0.0451. The number of amides is 1. The zero-order valence-electron chi connectivity index (χ0n) is 17.0. The van der Waals surface area contributed by atoms with Crippen LogP contribution in [0.1, 0.15) is 15.9 Å². The van der Waals surface area contributed by atoms with E-state index >= 15 is 0 Å². The molecular formula is C24H18ClN3O4. The zero-order valence-corrected chi connectivity index (χ0v) is 17.8. The van der Waals surface area contributed by atoms with Gasteiger partial charge in [0.05, 0.1) is 23.6 Å². The lowest BCUT2D eigenvalue weighted by atomic mass is 10.0. The number of aromatic nitrogens is 2. The molecule has 1 amide bonds. The molecule has 0 unspecified atom stereocenters. The Labute approximate surface area is 188 Å². The predicted molar refractivity (Wildman–Crippen MR) is 123 cm³/mol. The van der Waals surface area contributed by atoms with Crippen LogP contribution in [0.3, 0.4) is 0 Å². The summed E-state index contributed by atoms with van der Waals surface area (Å²) in [6.07, 6.45) is 4.38. The van der Waals surface area contributed by atoms with Crippen molar-refractivity contribution < 1.29 is 14.3 Å². The number of halogens is 1. The van der Waals surface area contributed by atoms with Crippen LogP contribution in [0.2, 0.25) is 5.02 Å². The summed E-state index contributed by atoms with van der Waals surface area (Å²) in [4.78, 5) is 42.8. The second-order valence-corrected chi connectivity index (χ2v) is 7.44. The number of hydrogen-bond donors (Lipinski definition) is 1. The highest BCUT2D eigenvalue weighted by atomic mass is 35.5. The molecule has 1 N–H and O–H groups in total. The van der Waals surface area contributed by atoms with Crippen molar-refractivity contribution in [2.24, 2.45) is 0 Å². The number of nitrogens with zero attached hydrogens (tertiary/aromatic N) is 2. The number of benzene rings is 2. The number of rotatable bonds is 6. The first-order valence-corrected chi connectivity index (χ1v) is 10.1. The fourth-order valence-corrected chi connectivity index (χ4v) is 3.47. The average Bonchev–Trinajstić information content (AvgIpc) is 2.82. The molecule has 0 aliphatic carbocycles. The molecule has 4 aromatic rings. The monoisotopic (exact) mass is 447 g/mol. The number of nitrogens with one attached hydrogen (secondary N) is 1. The van der Waals surface area contributed by atoms with Gasteiger partial charge in [0.2, 0.25) is 11.3 Å². The van der Waals surface area contributed by atoms with Crippen molar-refractivity contribution in [1.82, 2.24) is 9.55 Å². The third-order valence-corrected chi connectivity index (χ3v) is 5.17. The topological polar surface area (TPSA) is 90.3 Å². The summed E-state index contributed by atoms with van der Waals surface area (Å²) in [5, 5.41) is 3.62. The number of anilines is 1. The van der Waals surface area contributed by atoms with Gasteiger partial charge in [-0.1, -0.05) is 11.6 Å². The maximum atomic E-state index is 13.2. The summed E-state index contributed by atoms with van der Waals surface area (Å²) >= 11 is 5.89. The molecule has 0 bridgehead atoms. The fraction of sp³-hybridized carbons (Fsp3) is 0.0833. The molecule has 160 valence electrons. The van der Waals surface area contributed by atoms with Gasteiger partial charge in [0.1, 0.15) is 12.3 Å². The molecule has 0 spiro atoms. The van der Waals surface area contributed by atoms with Gasteiger partial charge in [-0.3, -0.25) is 19.4 Å². The molecule has 2 aromatic carbocycles. The van der Waals surface area contributed by atoms with E-state index in [1.807, 2.05) is 0 Å².